The van der Waals surface area contributed by atoms with Crippen LogP contribution in [0, 0.1) is 0 Å². The molecule has 3 nitrogen and oxygen atoms in total. The van der Waals surface area contributed by atoms with Gasteiger partial charge in [-0.15, -0.1) is 0 Å². The van der Waals surface area contributed by atoms with Crippen LogP contribution in [0.25, 0.3) is 21.7 Å². The van der Waals surface area contributed by atoms with Crippen LogP contribution in [0.4, 0.5) is 5.69 Å². The molecule has 0 aliphatic rings. The van der Waals surface area contributed by atoms with E-state index in [9.17, 15) is 4.79 Å². The number of nitrogens with one attached hydrogen (secondary N) is 1. The summed E-state index contributed by atoms with van der Waals surface area (Å²) in [5, 5.41) is 6.09. The molecule has 23 heavy (non-hydrogen) atoms. The Hall–Kier alpha value is -3.20. The van der Waals surface area contributed by atoms with Gasteiger partial charge in [0.15, 0.2) is 0 Å². The molecule has 0 bridgehead atoms. The van der Waals surface area contributed by atoms with E-state index < -0.39 is 0 Å². The molecule has 0 unspecified atom stereocenters. The van der Waals surface area contributed by atoms with E-state index in [2.05, 4.69) is 16.4 Å². The number of carbonyl (C=O) groups is 1. The lowest BCUT2D eigenvalue weighted by Crippen LogP contribution is -2.12. The van der Waals surface area contributed by atoms with Gasteiger partial charge in [0.2, 0.25) is 0 Å². The van der Waals surface area contributed by atoms with Crippen molar-refractivity contribution in [1.82, 2.24) is 4.98 Å². The maximum atomic E-state index is 12.6. The van der Waals surface area contributed by atoms with E-state index in [0.29, 0.717) is 5.56 Å². The fourth-order valence-corrected chi connectivity index (χ4v) is 2.77. The first-order chi connectivity index (χ1) is 11.3. The van der Waals surface area contributed by atoms with Gasteiger partial charge in [-0.25, -0.2) is 0 Å². The van der Waals surface area contributed by atoms with Gasteiger partial charge < -0.3 is 5.32 Å². The van der Waals surface area contributed by atoms with Crippen molar-refractivity contribution < 1.29 is 4.79 Å². The van der Waals surface area contributed by atoms with Crippen LogP contribution in [0.1, 0.15) is 10.4 Å². The Labute approximate surface area is 133 Å². The van der Waals surface area contributed by atoms with E-state index in [4.69, 9.17) is 0 Å². The van der Waals surface area contributed by atoms with Gasteiger partial charge in [0.25, 0.3) is 5.91 Å². The van der Waals surface area contributed by atoms with Gasteiger partial charge in [-0.2, -0.15) is 0 Å². The molecule has 0 saturated carbocycles. The quantitative estimate of drug-likeness (QED) is 0.585. The van der Waals surface area contributed by atoms with E-state index in [-0.39, 0.29) is 5.91 Å². The Balaban J connectivity index is 1.70. The maximum Gasteiger partial charge on any atom is 0.256 e. The van der Waals surface area contributed by atoms with Gasteiger partial charge >= 0.3 is 0 Å². The van der Waals surface area contributed by atoms with Gasteiger partial charge in [-0.3, -0.25) is 9.78 Å². The SMILES string of the molecule is O=C(Nc1ccc2ccccc2c1)c1cccc2ncccc12. The van der Waals surface area contributed by atoms with Crippen LogP contribution >= 0.6 is 0 Å². The van der Waals surface area contributed by atoms with Crippen molar-refractivity contribution in [1.29, 1.82) is 0 Å². The third-order valence-corrected chi connectivity index (χ3v) is 3.90. The van der Waals surface area contributed by atoms with Crippen molar-refractivity contribution in [3.8, 4) is 0 Å². The number of carbonyl (C=O) groups excluding carboxylic acids is 1. The van der Waals surface area contributed by atoms with Crippen LogP contribution in [0.3, 0.4) is 0 Å². The number of rotatable bonds is 2. The first kappa shape index (κ1) is 13.5. The van der Waals surface area contributed by atoms with Crippen molar-refractivity contribution in [2.75, 3.05) is 5.32 Å². The molecule has 1 N–H and O–H groups in total. The molecular weight excluding hydrogens is 284 g/mol. The summed E-state index contributed by atoms with van der Waals surface area (Å²) in [4.78, 5) is 16.9. The highest BCUT2D eigenvalue weighted by Crippen LogP contribution is 2.21. The fourth-order valence-electron chi connectivity index (χ4n) is 2.77. The van der Waals surface area contributed by atoms with E-state index in [1.165, 1.54) is 0 Å². The average molecular weight is 298 g/mol. The lowest BCUT2D eigenvalue weighted by molar-refractivity contribution is 0.102. The molecule has 0 aliphatic carbocycles. The lowest BCUT2D eigenvalue weighted by Gasteiger charge is -2.08. The summed E-state index contributed by atoms with van der Waals surface area (Å²) >= 11 is 0. The molecule has 1 aromatic heterocycles. The van der Waals surface area contributed by atoms with Crippen molar-refractivity contribution >= 4 is 33.3 Å². The molecule has 110 valence electrons. The largest absolute Gasteiger partial charge is 0.322 e. The van der Waals surface area contributed by atoms with E-state index in [1.807, 2.05) is 66.7 Å². The van der Waals surface area contributed by atoms with Crippen LogP contribution in [-0.2, 0) is 0 Å². The van der Waals surface area contributed by atoms with E-state index in [1.54, 1.807) is 6.20 Å². The number of aromatic nitrogens is 1. The van der Waals surface area contributed by atoms with Crippen LogP contribution in [0.5, 0.6) is 0 Å². The number of anilines is 1. The summed E-state index contributed by atoms with van der Waals surface area (Å²) in [6, 6.07) is 23.3. The van der Waals surface area contributed by atoms with E-state index >= 15 is 0 Å². The van der Waals surface area contributed by atoms with Gasteiger partial charge in [0.1, 0.15) is 0 Å². The van der Waals surface area contributed by atoms with Crippen LogP contribution < -0.4 is 5.32 Å². The number of pyridine rings is 1. The Bertz CT molecular complexity index is 1020. The maximum absolute atomic E-state index is 12.6. The molecule has 0 fully saturated rings. The van der Waals surface area contributed by atoms with Crippen LogP contribution in [0.2, 0.25) is 0 Å². The summed E-state index contributed by atoms with van der Waals surface area (Å²) in [6.07, 6.45) is 1.73. The van der Waals surface area contributed by atoms with Gasteiger partial charge in [0, 0.05) is 22.8 Å². The highest BCUT2D eigenvalue weighted by Gasteiger charge is 2.10. The third kappa shape index (κ3) is 2.53. The first-order valence-corrected chi connectivity index (χ1v) is 7.45. The second-order valence-corrected chi connectivity index (χ2v) is 5.39. The molecule has 4 aromatic rings. The zero-order valence-corrected chi connectivity index (χ0v) is 12.4. The molecule has 0 atom stereocenters. The van der Waals surface area contributed by atoms with Crippen molar-refractivity contribution in [3.63, 3.8) is 0 Å². The minimum Gasteiger partial charge on any atom is -0.322 e. The molecule has 0 saturated heterocycles. The summed E-state index contributed by atoms with van der Waals surface area (Å²) in [6.45, 7) is 0. The number of fused-ring (bicyclic) bond motifs is 2. The Morgan fingerprint density at radius 3 is 2.61 bits per heavy atom. The van der Waals surface area contributed by atoms with Crippen molar-refractivity contribution in [3.05, 3.63) is 84.6 Å². The highest BCUT2D eigenvalue weighted by atomic mass is 16.1. The topological polar surface area (TPSA) is 42.0 Å². The van der Waals surface area contributed by atoms with E-state index in [0.717, 1.165) is 27.4 Å². The molecule has 4 rings (SSSR count). The number of benzene rings is 3. The van der Waals surface area contributed by atoms with Crippen LogP contribution in [-0.4, -0.2) is 10.9 Å². The Morgan fingerprint density at radius 2 is 1.70 bits per heavy atom. The zero-order valence-electron chi connectivity index (χ0n) is 12.4. The molecule has 1 heterocycles. The summed E-state index contributed by atoms with van der Waals surface area (Å²) in [7, 11) is 0. The molecular formula is C20H14N2O. The Morgan fingerprint density at radius 1 is 0.826 bits per heavy atom. The second-order valence-electron chi connectivity index (χ2n) is 5.39. The monoisotopic (exact) mass is 298 g/mol. The molecule has 3 aromatic carbocycles. The second kappa shape index (κ2) is 5.54. The predicted molar refractivity (Wildman–Crippen MR) is 93.6 cm³/mol. The van der Waals surface area contributed by atoms with Gasteiger partial charge in [0.05, 0.1) is 5.52 Å². The fraction of sp³-hybridized carbons (Fsp3) is 0. The highest BCUT2D eigenvalue weighted by molar-refractivity contribution is 6.12. The summed E-state index contributed by atoms with van der Waals surface area (Å²) in [5.74, 6) is -0.126. The number of hydrogen-bond acceptors (Lipinski definition) is 2. The average Bonchev–Trinajstić information content (AvgIpc) is 2.61. The van der Waals surface area contributed by atoms with Gasteiger partial charge in [-0.05, 0) is 41.1 Å². The summed E-state index contributed by atoms with van der Waals surface area (Å²) in [5.41, 5.74) is 2.23. The molecule has 0 radical (unpaired) electrons. The minimum atomic E-state index is -0.126. The first-order valence-electron chi connectivity index (χ1n) is 7.45. The van der Waals surface area contributed by atoms with Crippen molar-refractivity contribution in [2.45, 2.75) is 0 Å². The molecule has 0 spiro atoms. The third-order valence-electron chi connectivity index (χ3n) is 3.90. The minimum absolute atomic E-state index is 0.126. The Kier molecular flexibility index (Phi) is 3.24. The molecule has 1 amide bonds. The predicted octanol–water partition coefficient (Wildman–Crippen LogP) is 4.64. The summed E-state index contributed by atoms with van der Waals surface area (Å²) < 4.78 is 0. The zero-order chi connectivity index (χ0) is 15.6. The lowest BCUT2D eigenvalue weighted by atomic mass is 10.1. The number of amides is 1. The smallest absolute Gasteiger partial charge is 0.256 e. The number of hydrogen-bond donors (Lipinski definition) is 1. The van der Waals surface area contributed by atoms with Gasteiger partial charge in [-0.1, -0.05) is 42.5 Å². The standard InChI is InChI=1S/C20H14N2O/c23-20(18-7-3-9-19-17(18)8-4-12-21-19)22-16-11-10-14-5-1-2-6-15(14)13-16/h1-13H,(H,22,23). The number of nitrogens with zero attached hydrogens (tertiary/aromatic N) is 1. The molecule has 3 heteroatoms. The molecule has 0 aliphatic heterocycles. The normalized spacial score (nSPS) is 10.8. The van der Waals surface area contributed by atoms with Crippen LogP contribution in [0.15, 0.2) is 79.0 Å². The van der Waals surface area contributed by atoms with Crippen molar-refractivity contribution in [2.24, 2.45) is 0 Å².